The molecule has 0 aliphatic heterocycles. The minimum atomic E-state index is 0.123. The van der Waals surface area contributed by atoms with Crippen molar-refractivity contribution in [1.29, 1.82) is 5.26 Å². The predicted molar refractivity (Wildman–Crippen MR) is 64.5 cm³/mol. The molecular weight excluding hydrogens is 212 g/mol. The van der Waals surface area contributed by atoms with E-state index in [2.05, 4.69) is 22.0 Å². The number of nitriles is 1. The molecule has 0 aliphatic carbocycles. The van der Waals surface area contributed by atoms with Crippen LogP contribution in [0.15, 0.2) is 30.3 Å². The number of nitrogen functional groups attached to an aromatic ring is 1. The number of anilines is 1. The fourth-order valence-corrected chi connectivity index (χ4v) is 1.44. The van der Waals surface area contributed by atoms with Crippen molar-refractivity contribution in [2.45, 2.75) is 0 Å². The highest BCUT2D eigenvalue weighted by molar-refractivity contribution is 5.63. The van der Waals surface area contributed by atoms with E-state index in [1.165, 1.54) is 0 Å². The van der Waals surface area contributed by atoms with Gasteiger partial charge in [-0.15, -0.1) is 6.42 Å². The van der Waals surface area contributed by atoms with Crippen molar-refractivity contribution in [2.75, 3.05) is 5.73 Å². The highest BCUT2D eigenvalue weighted by Gasteiger charge is 2.04. The van der Waals surface area contributed by atoms with Crippen LogP contribution < -0.4 is 5.73 Å². The summed E-state index contributed by atoms with van der Waals surface area (Å²) in [6.07, 6.45) is 5.27. The largest absolute Gasteiger partial charge is 0.368 e. The molecule has 0 saturated heterocycles. The Morgan fingerprint density at radius 2 is 2.06 bits per heavy atom. The van der Waals surface area contributed by atoms with Crippen LogP contribution >= 0.6 is 0 Å². The summed E-state index contributed by atoms with van der Waals surface area (Å²) >= 11 is 0. The van der Waals surface area contributed by atoms with E-state index in [-0.39, 0.29) is 5.95 Å². The monoisotopic (exact) mass is 220 g/mol. The van der Waals surface area contributed by atoms with Gasteiger partial charge in [0.15, 0.2) is 0 Å². The third kappa shape index (κ3) is 2.22. The Bertz CT molecular complexity index is 647. The molecule has 17 heavy (non-hydrogen) atoms. The van der Waals surface area contributed by atoms with Crippen molar-refractivity contribution >= 4 is 5.95 Å². The first-order chi connectivity index (χ1) is 8.22. The molecule has 0 aliphatic rings. The second-order valence-corrected chi connectivity index (χ2v) is 3.33. The Hall–Kier alpha value is -2.85. The van der Waals surface area contributed by atoms with Gasteiger partial charge in [0.05, 0.1) is 17.3 Å². The molecule has 0 unspecified atom stereocenters. The van der Waals surface area contributed by atoms with Crippen molar-refractivity contribution in [3.05, 3.63) is 41.6 Å². The quantitative estimate of drug-likeness (QED) is 0.740. The summed E-state index contributed by atoms with van der Waals surface area (Å²) in [5.74, 6) is 2.53. The van der Waals surface area contributed by atoms with Gasteiger partial charge in [-0.05, 0) is 18.2 Å². The molecule has 0 fully saturated rings. The number of hydrogen-bond donors (Lipinski definition) is 1. The van der Waals surface area contributed by atoms with Crippen LogP contribution in [0.3, 0.4) is 0 Å². The summed E-state index contributed by atoms with van der Waals surface area (Å²) in [6.45, 7) is 0. The van der Waals surface area contributed by atoms with Gasteiger partial charge < -0.3 is 5.73 Å². The number of nitrogens with zero attached hydrogens (tertiary/aromatic N) is 3. The van der Waals surface area contributed by atoms with Gasteiger partial charge in [0.1, 0.15) is 5.69 Å². The first kappa shape index (κ1) is 10.7. The highest BCUT2D eigenvalue weighted by atomic mass is 15.0. The van der Waals surface area contributed by atoms with Gasteiger partial charge in [-0.3, -0.25) is 0 Å². The van der Waals surface area contributed by atoms with Crippen molar-refractivity contribution in [2.24, 2.45) is 0 Å². The van der Waals surface area contributed by atoms with Crippen LogP contribution in [-0.2, 0) is 0 Å². The summed E-state index contributed by atoms with van der Waals surface area (Å²) in [6, 6.07) is 10.8. The molecule has 0 atom stereocenters. The van der Waals surface area contributed by atoms with E-state index in [1.54, 1.807) is 24.3 Å². The summed E-state index contributed by atoms with van der Waals surface area (Å²) in [7, 11) is 0. The van der Waals surface area contributed by atoms with Crippen LogP contribution in [0.2, 0.25) is 0 Å². The van der Waals surface area contributed by atoms with Crippen LogP contribution in [0, 0.1) is 23.7 Å². The fourth-order valence-electron chi connectivity index (χ4n) is 1.44. The molecule has 1 aromatic heterocycles. The smallest absolute Gasteiger partial charge is 0.221 e. The Morgan fingerprint density at radius 1 is 1.24 bits per heavy atom. The number of terminal acetylenes is 1. The Kier molecular flexibility index (Phi) is 2.72. The average Bonchev–Trinajstić information content (AvgIpc) is 2.38. The minimum absolute atomic E-state index is 0.123. The zero-order chi connectivity index (χ0) is 12.3. The number of hydrogen-bond acceptors (Lipinski definition) is 4. The molecular formula is C13H8N4. The van der Waals surface area contributed by atoms with Gasteiger partial charge in [-0.1, -0.05) is 18.1 Å². The summed E-state index contributed by atoms with van der Waals surface area (Å²) < 4.78 is 0. The Labute approximate surface area is 98.8 Å². The molecule has 2 N–H and O–H groups in total. The lowest BCUT2D eigenvalue weighted by atomic mass is 10.1. The number of nitrogens with two attached hydrogens (primary N) is 1. The van der Waals surface area contributed by atoms with E-state index in [1.807, 2.05) is 6.07 Å². The molecule has 1 aromatic carbocycles. The van der Waals surface area contributed by atoms with Gasteiger partial charge in [0, 0.05) is 5.56 Å². The molecule has 4 nitrogen and oxygen atoms in total. The molecule has 2 rings (SSSR count). The lowest BCUT2D eigenvalue weighted by Gasteiger charge is -2.03. The molecule has 0 radical (unpaired) electrons. The molecule has 80 valence electrons. The molecule has 0 saturated carbocycles. The lowest BCUT2D eigenvalue weighted by Crippen LogP contribution is -1.98. The SMILES string of the molecule is C#Cc1cc(-c2cccc(C#N)c2)nc(N)n1. The number of rotatable bonds is 1. The average molecular weight is 220 g/mol. The third-order valence-electron chi connectivity index (χ3n) is 2.18. The van der Waals surface area contributed by atoms with Crippen LogP contribution in [-0.4, -0.2) is 9.97 Å². The molecule has 0 spiro atoms. The Balaban J connectivity index is 2.57. The maximum Gasteiger partial charge on any atom is 0.221 e. The first-order valence-electron chi connectivity index (χ1n) is 4.84. The maximum absolute atomic E-state index is 8.82. The molecule has 1 heterocycles. The maximum atomic E-state index is 8.82. The topological polar surface area (TPSA) is 75.6 Å². The van der Waals surface area contributed by atoms with E-state index < -0.39 is 0 Å². The van der Waals surface area contributed by atoms with Crippen molar-refractivity contribution in [1.82, 2.24) is 9.97 Å². The van der Waals surface area contributed by atoms with Gasteiger partial charge in [-0.2, -0.15) is 5.26 Å². The van der Waals surface area contributed by atoms with E-state index in [0.717, 1.165) is 5.56 Å². The van der Waals surface area contributed by atoms with Crippen molar-refractivity contribution in [3.8, 4) is 29.7 Å². The van der Waals surface area contributed by atoms with Gasteiger partial charge in [0.25, 0.3) is 0 Å². The van der Waals surface area contributed by atoms with Crippen molar-refractivity contribution in [3.63, 3.8) is 0 Å². The summed E-state index contributed by atoms with van der Waals surface area (Å²) in [5, 5.41) is 8.82. The second-order valence-electron chi connectivity index (χ2n) is 3.33. The lowest BCUT2D eigenvalue weighted by molar-refractivity contribution is 1.17. The zero-order valence-electron chi connectivity index (χ0n) is 8.88. The van der Waals surface area contributed by atoms with Crippen molar-refractivity contribution < 1.29 is 0 Å². The number of aromatic nitrogens is 2. The Morgan fingerprint density at radius 3 is 2.76 bits per heavy atom. The third-order valence-corrected chi connectivity index (χ3v) is 2.18. The zero-order valence-corrected chi connectivity index (χ0v) is 8.88. The van der Waals surface area contributed by atoms with Crippen LogP contribution in [0.4, 0.5) is 5.95 Å². The van der Waals surface area contributed by atoms with Crippen LogP contribution in [0.1, 0.15) is 11.3 Å². The van der Waals surface area contributed by atoms with E-state index in [0.29, 0.717) is 17.0 Å². The molecule has 4 heteroatoms. The standard InChI is InChI=1S/C13H8N4/c1-2-11-7-12(17-13(15)16-11)10-5-3-4-9(6-10)8-14/h1,3-7H,(H2,15,16,17). The highest BCUT2D eigenvalue weighted by Crippen LogP contribution is 2.19. The van der Waals surface area contributed by atoms with E-state index in [4.69, 9.17) is 17.4 Å². The van der Waals surface area contributed by atoms with Crippen LogP contribution in [0.25, 0.3) is 11.3 Å². The molecule has 0 bridgehead atoms. The number of benzene rings is 1. The normalized spacial score (nSPS) is 9.29. The van der Waals surface area contributed by atoms with Gasteiger partial charge in [-0.25, -0.2) is 9.97 Å². The summed E-state index contributed by atoms with van der Waals surface area (Å²) in [4.78, 5) is 7.98. The first-order valence-corrected chi connectivity index (χ1v) is 4.84. The minimum Gasteiger partial charge on any atom is -0.368 e. The van der Waals surface area contributed by atoms with Gasteiger partial charge >= 0.3 is 0 Å². The fraction of sp³-hybridized carbons (Fsp3) is 0. The van der Waals surface area contributed by atoms with E-state index in [9.17, 15) is 0 Å². The molecule has 2 aromatic rings. The predicted octanol–water partition coefficient (Wildman–Crippen LogP) is 1.58. The second kappa shape index (κ2) is 4.34. The van der Waals surface area contributed by atoms with Gasteiger partial charge in [0.2, 0.25) is 5.95 Å². The van der Waals surface area contributed by atoms with Crippen LogP contribution in [0.5, 0.6) is 0 Å². The summed E-state index contributed by atoms with van der Waals surface area (Å²) in [5.41, 5.74) is 7.94. The van der Waals surface area contributed by atoms with E-state index >= 15 is 0 Å². The molecule has 0 amide bonds.